The van der Waals surface area contributed by atoms with Crippen molar-refractivity contribution in [2.75, 3.05) is 23.5 Å². The van der Waals surface area contributed by atoms with Gasteiger partial charge >= 0.3 is 0 Å². The van der Waals surface area contributed by atoms with E-state index in [4.69, 9.17) is 9.26 Å². The molecule has 1 atom stereocenters. The number of methoxy groups -OCH3 is 1. The van der Waals surface area contributed by atoms with E-state index in [1.165, 1.54) is 11.8 Å². The Morgan fingerprint density at radius 1 is 1.28 bits per heavy atom. The summed E-state index contributed by atoms with van der Waals surface area (Å²) in [5.41, 5.74) is 1.63. The highest BCUT2D eigenvalue weighted by Crippen LogP contribution is 2.25. The van der Waals surface area contributed by atoms with Crippen LogP contribution in [0.3, 0.4) is 0 Å². The molecule has 2 amide bonds. The average Bonchev–Trinajstić information content (AvgIpc) is 2.97. The number of benzene rings is 1. The molecule has 0 spiro atoms. The Labute approximate surface area is 150 Å². The van der Waals surface area contributed by atoms with Crippen LogP contribution in [0, 0.1) is 13.8 Å². The Hall–Kier alpha value is -2.48. The highest BCUT2D eigenvalue weighted by molar-refractivity contribution is 8.01. The van der Waals surface area contributed by atoms with Gasteiger partial charge in [0.2, 0.25) is 11.8 Å². The van der Waals surface area contributed by atoms with Crippen molar-refractivity contribution in [1.29, 1.82) is 0 Å². The number of aryl methyl sites for hydroxylation is 2. The SMILES string of the molecule is COc1ccc(C)cc1NC(=O)CS[C@@H](C)C(=O)Nc1cc(C)on1. The minimum Gasteiger partial charge on any atom is -0.495 e. The zero-order valence-corrected chi connectivity index (χ0v) is 15.4. The van der Waals surface area contributed by atoms with Gasteiger partial charge in [0.15, 0.2) is 5.82 Å². The number of nitrogens with zero attached hydrogens (tertiary/aromatic N) is 1. The summed E-state index contributed by atoms with van der Waals surface area (Å²) >= 11 is 1.23. The number of ether oxygens (including phenoxy) is 1. The summed E-state index contributed by atoms with van der Waals surface area (Å²) in [5.74, 6) is 1.27. The lowest BCUT2D eigenvalue weighted by molar-refractivity contribution is -0.115. The molecule has 1 aromatic heterocycles. The summed E-state index contributed by atoms with van der Waals surface area (Å²) < 4.78 is 10.1. The van der Waals surface area contributed by atoms with Gasteiger partial charge in [-0.3, -0.25) is 9.59 Å². The predicted molar refractivity (Wildman–Crippen MR) is 98.2 cm³/mol. The van der Waals surface area contributed by atoms with Gasteiger partial charge in [-0.15, -0.1) is 11.8 Å². The molecule has 134 valence electrons. The number of rotatable bonds is 7. The van der Waals surface area contributed by atoms with Crippen molar-refractivity contribution in [2.24, 2.45) is 0 Å². The fourth-order valence-electron chi connectivity index (χ4n) is 2.04. The van der Waals surface area contributed by atoms with Gasteiger partial charge in [-0.2, -0.15) is 0 Å². The molecule has 7 nitrogen and oxygen atoms in total. The number of hydrogen-bond acceptors (Lipinski definition) is 6. The maximum atomic E-state index is 12.1. The zero-order valence-electron chi connectivity index (χ0n) is 14.6. The highest BCUT2D eigenvalue weighted by Gasteiger charge is 2.17. The number of amides is 2. The molecule has 0 aliphatic rings. The molecule has 1 heterocycles. The minimum atomic E-state index is -0.415. The second kappa shape index (κ2) is 8.57. The molecule has 2 N–H and O–H groups in total. The first-order valence-corrected chi connectivity index (χ1v) is 8.74. The second-order valence-electron chi connectivity index (χ2n) is 5.52. The van der Waals surface area contributed by atoms with E-state index in [2.05, 4.69) is 15.8 Å². The first-order valence-electron chi connectivity index (χ1n) is 7.69. The molecule has 0 bridgehead atoms. The molecule has 25 heavy (non-hydrogen) atoms. The van der Waals surface area contributed by atoms with Crippen molar-refractivity contribution < 1.29 is 18.8 Å². The third-order valence-corrected chi connectivity index (χ3v) is 4.48. The number of nitrogens with one attached hydrogen (secondary N) is 2. The van der Waals surface area contributed by atoms with Crippen LogP contribution >= 0.6 is 11.8 Å². The number of carbonyl (C=O) groups excluding carboxylic acids is 2. The summed E-state index contributed by atoms with van der Waals surface area (Å²) in [7, 11) is 1.55. The molecular formula is C17H21N3O4S. The zero-order chi connectivity index (χ0) is 18.4. The monoisotopic (exact) mass is 363 g/mol. The first kappa shape index (κ1) is 18.9. The Morgan fingerprint density at radius 2 is 2.04 bits per heavy atom. The smallest absolute Gasteiger partial charge is 0.238 e. The molecule has 0 aliphatic heterocycles. The van der Waals surface area contributed by atoms with Crippen LogP contribution in [0.1, 0.15) is 18.2 Å². The van der Waals surface area contributed by atoms with Crippen molar-refractivity contribution in [3.05, 3.63) is 35.6 Å². The van der Waals surface area contributed by atoms with Crippen LogP contribution in [0.2, 0.25) is 0 Å². The van der Waals surface area contributed by atoms with Gasteiger partial charge in [0, 0.05) is 6.07 Å². The van der Waals surface area contributed by atoms with E-state index < -0.39 is 5.25 Å². The van der Waals surface area contributed by atoms with Crippen molar-refractivity contribution in [2.45, 2.75) is 26.0 Å². The van der Waals surface area contributed by atoms with Gasteiger partial charge in [-0.1, -0.05) is 11.2 Å². The van der Waals surface area contributed by atoms with Crippen LogP contribution in [0.5, 0.6) is 5.75 Å². The van der Waals surface area contributed by atoms with Gasteiger partial charge in [0.1, 0.15) is 11.5 Å². The minimum absolute atomic E-state index is 0.142. The highest BCUT2D eigenvalue weighted by atomic mass is 32.2. The first-order chi connectivity index (χ1) is 11.9. The molecule has 0 saturated carbocycles. The molecule has 0 fully saturated rings. The van der Waals surface area contributed by atoms with Crippen LogP contribution in [-0.4, -0.2) is 35.1 Å². The summed E-state index contributed by atoms with van der Waals surface area (Å²) in [5, 5.41) is 8.74. The molecular weight excluding hydrogens is 342 g/mol. The second-order valence-corrected chi connectivity index (χ2v) is 6.85. The fraction of sp³-hybridized carbons (Fsp3) is 0.353. The van der Waals surface area contributed by atoms with Gasteiger partial charge in [-0.25, -0.2) is 0 Å². The Bertz CT molecular complexity index is 760. The lowest BCUT2D eigenvalue weighted by Gasteiger charge is -2.13. The molecule has 0 aliphatic carbocycles. The van der Waals surface area contributed by atoms with Crippen LogP contribution in [0.4, 0.5) is 11.5 Å². The molecule has 0 radical (unpaired) electrons. The molecule has 2 aromatic rings. The third kappa shape index (κ3) is 5.53. The van der Waals surface area contributed by atoms with Gasteiger partial charge in [0.25, 0.3) is 0 Å². The topological polar surface area (TPSA) is 93.5 Å². The van der Waals surface area contributed by atoms with Crippen LogP contribution in [0.25, 0.3) is 0 Å². The third-order valence-electron chi connectivity index (χ3n) is 3.34. The van der Waals surface area contributed by atoms with Crippen molar-refractivity contribution in [1.82, 2.24) is 5.16 Å². The van der Waals surface area contributed by atoms with Gasteiger partial charge in [0.05, 0.1) is 23.8 Å². The summed E-state index contributed by atoms with van der Waals surface area (Å²) in [4.78, 5) is 24.2. The number of carbonyl (C=O) groups is 2. The van der Waals surface area contributed by atoms with E-state index in [9.17, 15) is 9.59 Å². The van der Waals surface area contributed by atoms with Crippen LogP contribution < -0.4 is 15.4 Å². The Kier molecular flexibility index (Phi) is 6.46. The quantitative estimate of drug-likeness (QED) is 0.785. The van der Waals surface area contributed by atoms with Crippen molar-refractivity contribution in [3.8, 4) is 5.75 Å². The lowest BCUT2D eigenvalue weighted by atomic mass is 10.2. The molecule has 2 rings (SSSR count). The van der Waals surface area contributed by atoms with Crippen LogP contribution in [-0.2, 0) is 9.59 Å². The van der Waals surface area contributed by atoms with E-state index in [1.807, 2.05) is 19.1 Å². The van der Waals surface area contributed by atoms with Gasteiger partial charge in [-0.05, 0) is 38.5 Å². The molecule has 0 saturated heterocycles. The van der Waals surface area contributed by atoms with Gasteiger partial charge < -0.3 is 19.9 Å². The largest absolute Gasteiger partial charge is 0.495 e. The number of aromatic nitrogens is 1. The molecule has 0 unspecified atom stereocenters. The normalized spacial score (nSPS) is 11.7. The average molecular weight is 363 g/mol. The molecule has 1 aromatic carbocycles. The molecule has 8 heteroatoms. The summed E-state index contributed by atoms with van der Waals surface area (Å²) in [6.07, 6.45) is 0. The predicted octanol–water partition coefficient (Wildman–Crippen LogP) is 3.00. The maximum Gasteiger partial charge on any atom is 0.238 e. The van der Waals surface area contributed by atoms with Crippen molar-refractivity contribution in [3.63, 3.8) is 0 Å². The summed E-state index contributed by atoms with van der Waals surface area (Å²) in [6, 6.07) is 7.17. The van der Waals surface area contributed by atoms with E-state index in [1.54, 1.807) is 33.1 Å². The van der Waals surface area contributed by atoms with Crippen molar-refractivity contribution >= 4 is 35.1 Å². The lowest BCUT2D eigenvalue weighted by Crippen LogP contribution is -2.25. The standard InChI is InChI=1S/C17H21N3O4S/c1-10-5-6-14(23-4)13(7-10)18-16(21)9-25-12(3)17(22)19-15-8-11(2)24-20-15/h5-8,12H,9H2,1-4H3,(H,18,21)(H,19,20,22)/t12-/m0/s1. The Balaban J connectivity index is 1.84. The number of hydrogen-bond donors (Lipinski definition) is 2. The number of thioether (sulfide) groups is 1. The maximum absolute atomic E-state index is 12.1. The van der Waals surface area contributed by atoms with E-state index in [0.717, 1.165) is 5.56 Å². The van der Waals surface area contributed by atoms with E-state index >= 15 is 0 Å². The van der Waals surface area contributed by atoms with Crippen LogP contribution in [0.15, 0.2) is 28.8 Å². The fourth-order valence-corrected chi connectivity index (χ4v) is 2.72. The summed E-state index contributed by atoms with van der Waals surface area (Å²) in [6.45, 7) is 5.40. The Morgan fingerprint density at radius 3 is 2.68 bits per heavy atom. The van der Waals surface area contributed by atoms with E-state index in [-0.39, 0.29) is 17.6 Å². The van der Waals surface area contributed by atoms with E-state index in [0.29, 0.717) is 23.0 Å². The number of anilines is 2.